The number of carbonyl (C=O) groups excluding carboxylic acids is 2. The number of amides is 1. The van der Waals surface area contributed by atoms with Crippen LogP contribution in [0, 0.1) is 6.92 Å². The van der Waals surface area contributed by atoms with E-state index in [9.17, 15) is 19.5 Å². The van der Waals surface area contributed by atoms with Crippen molar-refractivity contribution in [1.82, 2.24) is 15.3 Å². The topological polar surface area (TPSA) is 115 Å². The molecule has 0 saturated heterocycles. The van der Waals surface area contributed by atoms with Crippen molar-refractivity contribution >= 4 is 22.8 Å². The van der Waals surface area contributed by atoms with Crippen molar-refractivity contribution in [2.45, 2.75) is 38.6 Å². The lowest BCUT2D eigenvalue weighted by Crippen LogP contribution is -2.34. The quantitative estimate of drug-likeness (QED) is 0.604. The first-order chi connectivity index (χ1) is 13.9. The van der Waals surface area contributed by atoms with E-state index in [1.807, 2.05) is 25.1 Å². The Balaban J connectivity index is 1.60. The smallest absolute Gasteiger partial charge is 0.258 e. The minimum atomic E-state index is -1.23. The predicted octanol–water partition coefficient (Wildman–Crippen LogP) is 1.55. The van der Waals surface area contributed by atoms with E-state index >= 15 is 0 Å². The number of aliphatic carboxylic acids is 1. The van der Waals surface area contributed by atoms with E-state index < -0.39 is 12.0 Å². The molecule has 2 N–H and O–H groups in total. The molecule has 0 aliphatic carbocycles. The third-order valence-corrected chi connectivity index (χ3v) is 4.67. The molecule has 7 nitrogen and oxygen atoms in total. The highest BCUT2D eigenvalue weighted by Gasteiger charge is 2.15. The summed E-state index contributed by atoms with van der Waals surface area (Å²) in [4.78, 5) is 42.6. The van der Waals surface area contributed by atoms with Gasteiger partial charge in [-0.25, -0.2) is 4.98 Å². The van der Waals surface area contributed by atoms with Crippen molar-refractivity contribution in [3.8, 4) is 0 Å². The van der Waals surface area contributed by atoms with E-state index in [0.717, 1.165) is 5.56 Å². The Bertz CT molecular complexity index is 1070. The second-order valence-electron chi connectivity index (χ2n) is 6.99. The van der Waals surface area contributed by atoms with E-state index in [2.05, 4.69) is 15.3 Å². The van der Waals surface area contributed by atoms with Crippen molar-refractivity contribution in [3.05, 3.63) is 75.8 Å². The second kappa shape index (κ2) is 9.14. The number of nitrogens with zero attached hydrogens (tertiary/aromatic N) is 1. The zero-order chi connectivity index (χ0) is 20.8. The van der Waals surface area contributed by atoms with Gasteiger partial charge in [-0.2, -0.15) is 0 Å². The number of hydrogen-bond acceptors (Lipinski definition) is 5. The molecular weight excluding hydrogens is 370 g/mol. The normalized spacial score (nSPS) is 11.9. The van der Waals surface area contributed by atoms with Gasteiger partial charge < -0.3 is 20.2 Å². The van der Waals surface area contributed by atoms with E-state index in [0.29, 0.717) is 35.1 Å². The van der Waals surface area contributed by atoms with Crippen LogP contribution in [0.25, 0.3) is 10.9 Å². The number of aromatic nitrogens is 2. The molecule has 3 rings (SSSR count). The zero-order valence-electron chi connectivity index (χ0n) is 16.1. The van der Waals surface area contributed by atoms with Crippen molar-refractivity contribution in [3.63, 3.8) is 0 Å². The predicted molar refractivity (Wildman–Crippen MR) is 107 cm³/mol. The summed E-state index contributed by atoms with van der Waals surface area (Å²) < 4.78 is 0. The van der Waals surface area contributed by atoms with Gasteiger partial charge in [0.15, 0.2) is 0 Å². The summed E-state index contributed by atoms with van der Waals surface area (Å²) in [5.41, 5.74) is 2.17. The van der Waals surface area contributed by atoms with Gasteiger partial charge in [-0.05, 0) is 31.0 Å². The fourth-order valence-electron chi connectivity index (χ4n) is 3.15. The van der Waals surface area contributed by atoms with Gasteiger partial charge in [-0.15, -0.1) is 0 Å². The lowest BCUT2D eigenvalue weighted by Gasteiger charge is -2.20. The van der Waals surface area contributed by atoms with Gasteiger partial charge in [0, 0.05) is 25.2 Å². The van der Waals surface area contributed by atoms with Crippen LogP contribution in [0.15, 0.2) is 53.3 Å². The van der Waals surface area contributed by atoms with Crippen molar-refractivity contribution in [2.24, 2.45) is 0 Å². The molecular formula is C22H22N3O4-. The monoisotopic (exact) mass is 392 g/mol. The molecule has 0 unspecified atom stereocenters. The minimum Gasteiger partial charge on any atom is -0.550 e. The van der Waals surface area contributed by atoms with Gasteiger partial charge in [0.2, 0.25) is 5.91 Å². The van der Waals surface area contributed by atoms with Crippen LogP contribution >= 0.6 is 0 Å². The Morgan fingerprint density at radius 3 is 2.59 bits per heavy atom. The van der Waals surface area contributed by atoms with Crippen molar-refractivity contribution in [1.29, 1.82) is 0 Å². The van der Waals surface area contributed by atoms with Crippen LogP contribution in [-0.2, 0) is 16.0 Å². The molecule has 150 valence electrons. The van der Waals surface area contributed by atoms with E-state index in [4.69, 9.17) is 0 Å². The Hall–Kier alpha value is -3.48. The molecule has 0 fully saturated rings. The fraction of sp³-hybridized carbons (Fsp3) is 0.273. The molecule has 0 aliphatic heterocycles. The minimum absolute atomic E-state index is 0.186. The molecule has 0 radical (unpaired) electrons. The van der Waals surface area contributed by atoms with Gasteiger partial charge in [0.1, 0.15) is 5.82 Å². The molecule has 0 saturated carbocycles. The molecule has 2 aromatic carbocycles. The fourth-order valence-corrected chi connectivity index (χ4v) is 3.15. The van der Waals surface area contributed by atoms with Crippen molar-refractivity contribution in [2.75, 3.05) is 0 Å². The number of carbonyl (C=O) groups is 2. The van der Waals surface area contributed by atoms with Gasteiger partial charge >= 0.3 is 0 Å². The molecule has 29 heavy (non-hydrogen) atoms. The summed E-state index contributed by atoms with van der Waals surface area (Å²) in [7, 11) is 0. The van der Waals surface area contributed by atoms with Gasteiger partial charge in [-0.1, -0.05) is 42.0 Å². The molecule has 1 aromatic heterocycles. The van der Waals surface area contributed by atoms with Crippen LogP contribution in [0.1, 0.15) is 42.3 Å². The molecule has 3 aromatic rings. The zero-order valence-corrected chi connectivity index (χ0v) is 16.1. The van der Waals surface area contributed by atoms with E-state index in [1.165, 1.54) is 0 Å². The SMILES string of the molecule is Cc1ccc([C@H](CC(=O)[O-])NC(=O)CCCc2nc3ccccc3c(=O)[nH]2)cc1. The maximum atomic E-state index is 12.3. The van der Waals surface area contributed by atoms with Gasteiger partial charge in [0.25, 0.3) is 5.56 Å². The molecule has 1 amide bonds. The lowest BCUT2D eigenvalue weighted by molar-refractivity contribution is -0.306. The van der Waals surface area contributed by atoms with Crippen LogP contribution in [0.4, 0.5) is 0 Å². The van der Waals surface area contributed by atoms with Crippen LogP contribution in [0.3, 0.4) is 0 Å². The number of hydrogen-bond donors (Lipinski definition) is 2. The third-order valence-electron chi connectivity index (χ3n) is 4.67. The molecule has 0 bridgehead atoms. The summed E-state index contributed by atoms with van der Waals surface area (Å²) in [6.45, 7) is 1.93. The summed E-state index contributed by atoms with van der Waals surface area (Å²) in [6.07, 6.45) is 0.794. The largest absolute Gasteiger partial charge is 0.550 e. The highest BCUT2D eigenvalue weighted by atomic mass is 16.4. The number of benzene rings is 2. The van der Waals surface area contributed by atoms with E-state index in [1.54, 1.807) is 30.3 Å². The van der Waals surface area contributed by atoms with Crippen LogP contribution in [0.5, 0.6) is 0 Å². The summed E-state index contributed by atoms with van der Waals surface area (Å²) >= 11 is 0. The highest BCUT2D eigenvalue weighted by Crippen LogP contribution is 2.18. The number of nitrogens with one attached hydrogen (secondary N) is 2. The Kier molecular flexibility index (Phi) is 6.39. The van der Waals surface area contributed by atoms with Crippen LogP contribution in [-0.4, -0.2) is 21.8 Å². The van der Waals surface area contributed by atoms with E-state index in [-0.39, 0.29) is 24.3 Å². The summed E-state index contributed by atoms with van der Waals surface area (Å²) in [5, 5.41) is 14.3. The molecule has 1 atom stereocenters. The van der Waals surface area contributed by atoms with Crippen LogP contribution in [0.2, 0.25) is 0 Å². The Morgan fingerprint density at radius 1 is 1.14 bits per heavy atom. The Morgan fingerprint density at radius 2 is 1.86 bits per heavy atom. The highest BCUT2D eigenvalue weighted by molar-refractivity contribution is 5.78. The number of rotatable bonds is 8. The van der Waals surface area contributed by atoms with Crippen LogP contribution < -0.4 is 16.0 Å². The lowest BCUT2D eigenvalue weighted by atomic mass is 10.0. The number of aryl methyl sites for hydroxylation is 2. The summed E-state index contributed by atoms with van der Waals surface area (Å²) in [6, 6.07) is 13.8. The molecule has 0 aliphatic rings. The third kappa shape index (κ3) is 5.51. The average molecular weight is 392 g/mol. The number of aromatic amines is 1. The number of fused-ring (bicyclic) bond motifs is 1. The number of carboxylic acids is 1. The first-order valence-corrected chi connectivity index (χ1v) is 9.46. The molecule has 1 heterocycles. The average Bonchev–Trinajstić information content (AvgIpc) is 2.68. The standard InChI is InChI=1S/C22H23N3O4/c1-14-9-11-15(12-10-14)18(13-21(27)28)24-20(26)8-4-7-19-23-17-6-3-2-5-16(17)22(29)25-19/h2-3,5-6,9-12,18H,4,7-8,13H2,1H3,(H,24,26)(H,27,28)(H,23,25,29)/p-1/t18-/m0/s1. The summed E-state index contributed by atoms with van der Waals surface area (Å²) in [5.74, 6) is -0.972. The van der Waals surface area contributed by atoms with Crippen molar-refractivity contribution < 1.29 is 14.7 Å². The van der Waals surface area contributed by atoms with Gasteiger partial charge in [0.05, 0.1) is 16.9 Å². The number of carboxylic acid groups (broad SMARTS) is 1. The first kappa shape index (κ1) is 20.3. The number of para-hydroxylation sites is 1. The maximum absolute atomic E-state index is 12.3. The van der Waals surface area contributed by atoms with Gasteiger partial charge in [-0.3, -0.25) is 9.59 Å². The molecule has 7 heteroatoms. The number of H-pyrrole nitrogens is 1. The molecule has 0 spiro atoms. The first-order valence-electron chi connectivity index (χ1n) is 9.46. The maximum Gasteiger partial charge on any atom is 0.258 e. The Labute approximate surface area is 167 Å². The second-order valence-corrected chi connectivity index (χ2v) is 6.99.